The van der Waals surface area contributed by atoms with Gasteiger partial charge in [-0.1, -0.05) is 30.5 Å². The maximum Gasteiger partial charge on any atom is 0.137 e. The minimum Gasteiger partial charge on any atom is -0.495 e. The summed E-state index contributed by atoms with van der Waals surface area (Å²) < 4.78 is 5.18. The third kappa shape index (κ3) is 2.75. The number of hydrogen-bond acceptors (Lipinski definition) is 2. The van der Waals surface area contributed by atoms with Crippen molar-refractivity contribution in [2.24, 2.45) is 11.7 Å². The molecule has 0 aromatic heterocycles. The molecule has 0 bridgehead atoms. The second kappa shape index (κ2) is 5.74. The summed E-state index contributed by atoms with van der Waals surface area (Å²) in [7, 11) is 1.64. The van der Waals surface area contributed by atoms with Crippen LogP contribution in [0.25, 0.3) is 0 Å². The number of hydrogen-bond donors (Lipinski definition) is 1. The predicted molar refractivity (Wildman–Crippen MR) is 71.8 cm³/mol. The number of halogens is 1. The lowest BCUT2D eigenvalue weighted by Crippen LogP contribution is -2.25. The van der Waals surface area contributed by atoms with Crippen LogP contribution in [0.2, 0.25) is 5.02 Å². The van der Waals surface area contributed by atoms with Gasteiger partial charge in [-0.3, -0.25) is 0 Å². The zero-order valence-electron chi connectivity index (χ0n) is 10.3. The van der Waals surface area contributed by atoms with Crippen molar-refractivity contribution in [3.63, 3.8) is 0 Å². The Bertz CT molecular complexity index is 380. The number of benzene rings is 1. The zero-order chi connectivity index (χ0) is 12.3. The highest BCUT2D eigenvalue weighted by molar-refractivity contribution is 6.32. The van der Waals surface area contributed by atoms with E-state index in [0.29, 0.717) is 16.9 Å². The topological polar surface area (TPSA) is 35.2 Å². The highest BCUT2D eigenvalue weighted by Gasteiger charge is 2.25. The maximum absolute atomic E-state index is 6.18. The van der Waals surface area contributed by atoms with E-state index in [4.69, 9.17) is 22.1 Å². The molecule has 2 rings (SSSR count). The van der Waals surface area contributed by atoms with Gasteiger partial charge >= 0.3 is 0 Å². The molecule has 1 aromatic rings. The van der Waals surface area contributed by atoms with Gasteiger partial charge < -0.3 is 10.5 Å². The Morgan fingerprint density at radius 2 is 2.12 bits per heavy atom. The van der Waals surface area contributed by atoms with E-state index < -0.39 is 0 Å². The molecule has 1 aromatic carbocycles. The number of nitrogens with two attached hydrogens (primary N) is 1. The maximum atomic E-state index is 6.18. The van der Waals surface area contributed by atoms with Gasteiger partial charge in [-0.05, 0) is 48.9 Å². The molecule has 3 heteroatoms. The molecule has 1 saturated carbocycles. The molecule has 1 aliphatic rings. The van der Waals surface area contributed by atoms with Crippen LogP contribution >= 0.6 is 11.6 Å². The summed E-state index contributed by atoms with van der Waals surface area (Å²) in [4.78, 5) is 0. The first-order chi connectivity index (χ1) is 8.26. The normalized spacial score (nSPS) is 24.6. The third-order valence-corrected chi connectivity index (χ3v) is 4.11. The highest BCUT2D eigenvalue weighted by Crippen LogP contribution is 2.39. The molecular weight excluding hydrogens is 234 g/mol. The fraction of sp³-hybridized carbons (Fsp3) is 0.571. The Balaban J connectivity index is 2.23. The Kier molecular flexibility index (Phi) is 4.30. The predicted octanol–water partition coefficient (Wildman–Crippen LogP) is 3.58. The van der Waals surface area contributed by atoms with E-state index in [1.165, 1.54) is 31.2 Å². The van der Waals surface area contributed by atoms with Crippen LogP contribution in [0.1, 0.15) is 37.2 Å². The van der Waals surface area contributed by atoms with Gasteiger partial charge in [-0.25, -0.2) is 0 Å². The van der Waals surface area contributed by atoms with E-state index in [2.05, 4.69) is 6.07 Å². The van der Waals surface area contributed by atoms with E-state index in [1.807, 2.05) is 12.1 Å². The average Bonchev–Trinajstić information content (AvgIpc) is 2.38. The van der Waals surface area contributed by atoms with Crippen molar-refractivity contribution in [2.75, 3.05) is 13.7 Å². The molecule has 1 aliphatic carbocycles. The van der Waals surface area contributed by atoms with Gasteiger partial charge in [0, 0.05) is 0 Å². The number of ether oxygens (including phenoxy) is 1. The molecule has 0 saturated heterocycles. The van der Waals surface area contributed by atoms with Gasteiger partial charge in [0.15, 0.2) is 0 Å². The molecule has 2 atom stereocenters. The Morgan fingerprint density at radius 3 is 2.76 bits per heavy atom. The van der Waals surface area contributed by atoms with E-state index in [-0.39, 0.29) is 0 Å². The van der Waals surface area contributed by atoms with Crippen LogP contribution < -0.4 is 10.5 Å². The lowest BCUT2D eigenvalue weighted by Gasteiger charge is -2.31. The van der Waals surface area contributed by atoms with Crippen molar-refractivity contribution in [3.05, 3.63) is 28.8 Å². The lowest BCUT2D eigenvalue weighted by atomic mass is 9.75. The van der Waals surface area contributed by atoms with Crippen LogP contribution in [-0.2, 0) is 0 Å². The molecule has 0 amide bonds. The van der Waals surface area contributed by atoms with Crippen LogP contribution in [0.15, 0.2) is 18.2 Å². The molecule has 0 heterocycles. The van der Waals surface area contributed by atoms with Crippen LogP contribution in [0.4, 0.5) is 0 Å². The second-order valence-electron chi connectivity index (χ2n) is 4.78. The lowest BCUT2D eigenvalue weighted by molar-refractivity contribution is 0.314. The second-order valence-corrected chi connectivity index (χ2v) is 5.19. The monoisotopic (exact) mass is 253 g/mol. The fourth-order valence-electron chi connectivity index (χ4n) is 2.84. The molecule has 94 valence electrons. The fourth-order valence-corrected chi connectivity index (χ4v) is 3.11. The summed E-state index contributed by atoms with van der Waals surface area (Å²) in [5.74, 6) is 1.92. The number of methoxy groups -OCH3 is 1. The van der Waals surface area contributed by atoms with Crippen molar-refractivity contribution < 1.29 is 4.74 Å². The first-order valence-electron chi connectivity index (χ1n) is 6.29. The summed E-state index contributed by atoms with van der Waals surface area (Å²) in [6.07, 6.45) is 5.07. The summed E-state index contributed by atoms with van der Waals surface area (Å²) in [6.45, 7) is 0.772. The first kappa shape index (κ1) is 12.7. The van der Waals surface area contributed by atoms with Crippen molar-refractivity contribution in [1.82, 2.24) is 0 Å². The van der Waals surface area contributed by atoms with E-state index in [1.54, 1.807) is 7.11 Å². The van der Waals surface area contributed by atoms with Crippen molar-refractivity contribution in [2.45, 2.75) is 31.6 Å². The van der Waals surface area contributed by atoms with Crippen LogP contribution in [0.3, 0.4) is 0 Å². The summed E-state index contributed by atoms with van der Waals surface area (Å²) >= 11 is 6.18. The van der Waals surface area contributed by atoms with Gasteiger partial charge in [0.1, 0.15) is 5.75 Å². The minimum absolute atomic E-state index is 0.567. The molecule has 2 N–H and O–H groups in total. The zero-order valence-corrected chi connectivity index (χ0v) is 11.0. The summed E-state index contributed by atoms with van der Waals surface area (Å²) in [6, 6.07) is 6.13. The molecule has 0 radical (unpaired) electrons. The SMILES string of the molecule is COc1ccc(C2CCCCC2CN)cc1Cl. The van der Waals surface area contributed by atoms with Gasteiger partial charge in [0.2, 0.25) is 0 Å². The Hall–Kier alpha value is -0.730. The first-order valence-corrected chi connectivity index (χ1v) is 6.67. The van der Waals surface area contributed by atoms with E-state index in [0.717, 1.165) is 12.3 Å². The van der Waals surface area contributed by atoms with Crippen LogP contribution in [-0.4, -0.2) is 13.7 Å². The van der Waals surface area contributed by atoms with Crippen molar-refractivity contribution >= 4 is 11.6 Å². The molecule has 2 unspecified atom stereocenters. The van der Waals surface area contributed by atoms with Gasteiger partial charge in [0.25, 0.3) is 0 Å². The van der Waals surface area contributed by atoms with E-state index >= 15 is 0 Å². The van der Waals surface area contributed by atoms with Crippen LogP contribution in [0.5, 0.6) is 5.75 Å². The smallest absolute Gasteiger partial charge is 0.137 e. The molecule has 0 aliphatic heterocycles. The largest absolute Gasteiger partial charge is 0.495 e. The third-order valence-electron chi connectivity index (χ3n) is 3.82. The molecule has 0 spiro atoms. The number of rotatable bonds is 3. The van der Waals surface area contributed by atoms with Gasteiger partial charge in [-0.2, -0.15) is 0 Å². The standard InChI is InChI=1S/C14H20ClNO/c1-17-14-7-6-10(8-13(14)15)12-5-3-2-4-11(12)9-16/h6-8,11-12H,2-5,9,16H2,1H3. The molecule has 2 nitrogen and oxygen atoms in total. The van der Waals surface area contributed by atoms with Gasteiger partial charge in [-0.15, -0.1) is 0 Å². The molecule has 17 heavy (non-hydrogen) atoms. The summed E-state index contributed by atoms with van der Waals surface area (Å²) in [5, 5.41) is 0.700. The molecular formula is C14H20ClNO. The van der Waals surface area contributed by atoms with Crippen molar-refractivity contribution in [3.8, 4) is 5.75 Å². The summed E-state index contributed by atoms with van der Waals surface area (Å²) in [5.41, 5.74) is 7.18. The van der Waals surface area contributed by atoms with E-state index in [9.17, 15) is 0 Å². The molecule has 1 fully saturated rings. The quantitative estimate of drug-likeness (QED) is 0.894. The average molecular weight is 254 g/mol. The van der Waals surface area contributed by atoms with Gasteiger partial charge in [0.05, 0.1) is 12.1 Å². The Labute approximate surface area is 108 Å². The minimum atomic E-state index is 0.567. The van der Waals surface area contributed by atoms with Crippen molar-refractivity contribution in [1.29, 1.82) is 0 Å². The van der Waals surface area contributed by atoms with Crippen LogP contribution in [0, 0.1) is 5.92 Å². The Morgan fingerprint density at radius 1 is 1.35 bits per heavy atom. The highest BCUT2D eigenvalue weighted by atomic mass is 35.5.